The molecule has 1 N–H and O–H groups in total. The molecule has 5 nitrogen and oxygen atoms in total. The van der Waals surface area contributed by atoms with Gasteiger partial charge in [-0.3, -0.25) is 4.31 Å². The van der Waals surface area contributed by atoms with Crippen molar-refractivity contribution < 1.29 is 18.3 Å². The molecule has 0 unspecified atom stereocenters. The van der Waals surface area contributed by atoms with Gasteiger partial charge in [0.1, 0.15) is 0 Å². The number of halogens is 1. The lowest BCUT2D eigenvalue weighted by Gasteiger charge is -2.18. The summed E-state index contributed by atoms with van der Waals surface area (Å²) in [6.45, 7) is 0. The summed E-state index contributed by atoms with van der Waals surface area (Å²) in [6.07, 6.45) is 1.01. The summed E-state index contributed by atoms with van der Waals surface area (Å²) in [7, 11) is -2.17. The van der Waals surface area contributed by atoms with Crippen LogP contribution in [-0.4, -0.2) is 32.8 Å². The first-order valence-corrected chi connectivity index (χ1v) is 6.84. The van der Waals surface area contributed by atoms with E-state index in [1.807, 2.05) is 0 Å². The Bertz CT molecular complexity index is 526. The number of hydrogen-bond acceptors (Lipinski definition) is 3. The summed E-state index contributed by atoms with van der Waals surface area (Å²) < 4.78 is 24.2. The third kappa shape index (κ3) is 2.73. The number of rotatable bonds is 3. The molecule has 0 saturated heterocycles. The highest BCUT2D eigenvalue weighted by Crippen LogP contribution is 2.25. The van der Waals surface area contributed by atoms with Crippen LogP contribution in [0.4, 0.5) is 5.69 Å². The van der Waals surface area contributed by atoms with Gasteiger partial charge in [-0.2, -0.15) is 0 Å². The van der Waals surface area contributed by atoms with Gasteiger partial charge in [-0.05, 0) is 18.2 Å². The van der Waals surface area contributed by atoms with Crippen LogP contribution in [0.1, 0.15) is 10.4 Å². The molecule has 0 amide bonds. The van der Waals surface area contributed by atoms with Crippen LogP contribution in [0.15, 0.2) is 22.7 Å². The van der Waals surface area contributed by atoms with Gasteiger partial charge >= 0.3 is 5.97 Å². The molecule has 1 aromatic rings. The van der Waals surface area contributed by atoms with Crippen molar-refractivity contribution in [2.45, 2.75) is 0 Å². The fourth-order valence-electron chi connectivity index (χ4n) is 1.12. The van der Waals surface area contributed by atoms with Crippen molar-refractivity contribution >= 4 is 37.6 Å². The minimum atomic E-state index is -3.48. The lowest BCUT2D eigenvalue weighted by Crippen LogP contribution is -2.26. The lowest BCUT2D eigenvalue weighted by molar-refractivity contribution is 0.0698. The average molecular weight is 308 g/mol. The number of aromatic carboxylic acids is 1. The second-order valence-electron chi connectivity index (χ2n) is 3.20. The van der Waals surface area contributed by atoms with Gasteiger partial charge in [0, 0.05) is 11.5 Å². The predicted octanol–water partition coefficient (Wildman–Crippen LogP) is 1.54. The van der Waals surface area contributed by atoms with Crippen LogP contribution in [0.25, 0.3) is 0 Å². The zero-order valence-corrected chi connectivity index (χ0v) is 11.0. The standard InChI is InChI=1S/C9H10BrNO4S/c1-11(16(2,14)15)8-5-6(10)3-4-7(8)9(12)13/h3-5H,1-2H3,(H,12,13). The van der Waals surface area contributed by atoms with Gasteiger partial charge in [0.25, 0.3) is 0 Å². The average Bonchev–Trinajstić information content (AvgIpc) is 2.14. The van der Waals surface area contributed by atoms with E-state index in [9.17, 15) is 13.2 Å². The molecule has 0 spiro atoms. The van der Waals surface area contributed by atoms with Gasteiger partial charge in [0.15, 0.2) is 0 Å². The number of carboxylic acids is 1. The first-order chi connectivity index (χ1) is 7.23. The van der Waals surface area contributed by atoms with E-state index in [4.69, 9.17) is 5.11 Å². The molecule has 7 heteroatoms. The molecule has 0 aromatic heterocycles. The van der Waals surface area contributed by atoms with E-state index < -0.39 is 16.0 Å². The Labute approximate surface area is 102 Å². The Morgan fingerprint density at radius 2 is 2.00 bits per heavy atom. The number of carbonyl (C=O) groups is 1. The molecule has 0 aliphatic carbocycles. The zero-order chi connectivity index (χ0) is 12.5. The van der Waals surface area contributed by atoms with E-state index in [0.29, 0.717) is 4.47 Å². The quantitative estimate of drug-likeness (QED) is 0.919. The van der Waals surface area contributed by atoms with Crippen molar-refractivity contribution in [2.24, 2.45) is 0 Å². The Morgan fingerprint density at radius 1 is 1.44 bits per heavy atom. The van der Waals surface area contributed by atoms with Crippen molar-refractivity contribution in [3.05, 3.63) is 28.2 Å². The van der Waals surface area contributed by atoms with Gasteiger partial charge < -0.3 is 5.11 Å². The number of sulfonamides is 1. The fourth-order valence-corrected chi connectivity index (χ4v) is 1.98. The number of benzene rings is 1. The molecule has 88 valence electrons. The van der Waals surface area contributed by atoms with Crippen LogP contribution in [0.5, 0.6) is 0 Å². The maximum Gasteiger partial charge on any atom is 0.337 e. The summed E-state index contributed by atoms with van der Waals surface area (Å²) in [5.74, 6) is -1.17. The molecule has 0 radical (unpaired) electrons. The SMILES string of the molecule is CN(c1cc(Br)ccc1C(=O)O)S(C)(=O)=O. The topological polar surface area (TPSA) is 74.7 Å². The van der Waals surface area contributed by atoms with Crippen molar-refractivity contribution in [1.82, 2.24) is 0 Å². The summed E-state index contributed by atoms with van der Waals surface area (Å²) >= 11 is 3.17. The first kappa shape index (κ1) is 13.0. The number of anilines is 1. The summed E-state index contributed by atoms with van der Waals surface area (Å²) in [4.78, 5) is 10.9. The molecule has 0 aliphatic heterocycles. The van der Waals surface area contributed by atoms with Crippen molar-refractivity contribution in [2.75, 3.05) is 17.6 Å². The highest BCUT2D eigenvalue weighted by Gasteiger charge is 2.19. The second kappa shape index (κ2) is 4.42. The van der Waals surface area contributed by atoms with Gasteiger partial charge in [0.2, 0.25) is 10.0 Å². The number of hydrogen-bond donors (Lipinski definition) is 1. The van der Waals surface area contributed by atoms with Crippen LogP contribution in [0, 0.1) is 0 Å². The van der Waals surface area contributed by atoms with E-state index in [0.717, 1.165) is 10.6 Å². The Kier molecular flexibility index (Phi) is 3.59. The van der Waals surface area contributed by atoms with E-state index in [2.05, 4.69) is 15.9 Å². The molecule has 1 rings (SSSR count). The molecule has 0 fully saturated rings. The molecule has 0 aliphatic rings. The van der Waals surface area contributed by atoms with Crippen LogP contribution in [-0.2, 0) is 10.0 Å². The molecule has 0 atom stereocenters. The Hall–Kier alpha value is -1.08. The maximum absolute atomic E-state index is 11.3. The summed E-state index contributed by atoms with van der Waals surface area (Å²) in [5.41, 5.74) is 0.0699. The fraction of sp³-hybridized carbons (Fsp3) is 0.222. The second-order valence-corrected chi connectivity index (χ2v) is 6.13. The Balaban J connectivity index is 3.42. The summed E-state index contributed by atoms with van der Waals surface area (Å²) in [6, 6.07) is 4.34. The van der Waals surface area contributed by atoms with E-state index >= 15 is 0 Å². The maximum atomic E-state index is 11.3. The van der Waals surface area contributed by atoms with Crippen molar-refractivity contribution in [1.29, 1.82) is 0 Å². The normalized spacial score (nSPS) is 11.2. The van der Waals surface area contributed by atoms with Crippen molar-refractivity contribution in [3.8, 4) is 0 Å². The third-order valence-corrected chi connectivity index (χ3v) is 3.71. The predicted molar refractivity (Wildman–Crippen MR) is 64.3 cm³/mol. The van der Waals surface area contributed by atoms with Gasteiger partial charge in [-0.15, -0.1) is 0 Å². The molecule has 0 saturated carbocycles. The molecular weight excluding hydrogens is 298 g/mol. The van der Waals surface area contributed by atoms with E-state index in [1.165, 1.54) is 19.2 Å². The molecule has 0 bridgehead atoms. The van der Waals surface area contributed by atoms with Gasteiger partial charge in [-0.25, -0.2) is 13.2 Å². The number of carboxylic acid groups (broad SMARTS) is 1. The van der Waals surface area contributed by atoms with Crippen molar-refractivity contribution in [3.63, 3.8) is 0 Å². The van der Waals surface area contributed by atoms with Gasteiger partial charge in [0.05, 0.1) is 17.5 Å². The van der Waals surface area contributed by atoms with E-state index in [1.54, 1.807) is 6.07 Å². The molecule has 16 heavy (non-hydrogen) atoms. The minimum absolute atomic E-state index is 0.0591. The van der Waals surface area contributed by atoms with Crippen LogP contribution in [0.3, 0.4) is 0 Å². The first-order valence-electron chi connectivity index (χ1n) is 4.20. The summed E-state index contributed by atoms with van der Waals surface area (Å²) in [5, 5.41) is 8.93. The Morgan fingerprint density at radius 3 is 2.44 bits per heavy atom. The smallest absolute Gasteiger partial charge is 0.337 e. The monoisotopic (exact) mass is 307 g/mol. The van der Waals surface area contributed by atoms with Gasteiger partial charge in [-0.1, -0.05) is 15.9 Å². The minimum Gasteiger partial charge on any atom is -0.478 e. The van der Waals surface area contributed by atoms with Crippen LogP contribution in [0.2, 0.25) is 0 Å². The third-order valence-electron chi connectivity index (χ3n) is 2.03. The lowest BCUT2D eigenvalue weighted by atomic mass is 10.2. The van der Waals surface area contributed by atoms with E-state index in [-0.39, 0.29) is 11.3 Å². The van der Waals surface area contributed by atoms with Crippen LogP contribution >= 0.6 is 15.9 Å². The molecular formula is C9H10BrNO4S. The molecule has 1 aromatic carbocycles. The number of nitrogens with zero attached hydrogens (tertiary/aromatic N) is 1. The largest absolute Gasteiger partial charge is 0.478 e. The highest BCUT2D eigenvalue weighted by molar-refractivity contribution is 9.10. The molecule has 0 heterocycles. The zero-order valence-electron chi connectivity index (χ0n) is 8.64. The van der Waals surface area contributed by atoms with Crippen LogP contribution < -0.4 is 4.31 Å². The highest BCUT2D eigenvalue weighted by atomic mass is 79.9.